The normalized spacial score (nSPS) is 10.4. The molecule has 3 aromatic rings. The van der Waals surface area contributed by atoms with E-state index in [0.717, 1.165) is 17.8 Å². The van der Waals surface area contributed by atoms with Crippen molar-refractivity contribution in [3.63, 3.8) is 0 Å². The lowest BCUT2D eigenvalue weighted by molar-refractivity contribution is -0.142. The lowest BCUT2D eigenvalue weighted by Crippen LogP contribution is -2.29. The van der Waals surface area contributed by atoms with Gasteiger partial charge in [-0.1, -0.05) is 42.5 Å². The van der Waals surface area contributed by atoms with E-state index >= 15 is 0 Å². The maximum absolute atomic E-state index is 12.2. The number of carbonyl (C=O) groups excluding carboxylic acids is 2. The molecule has 0 radical (unpaired) electrons. The molecule has 1 heterocycles. The number of rotatable bonds is 8. The Morgan fingerprint density at radius 1 is 0.931 bits per heavy atom. The van der Waals surface area contributed by atoms with Crippen LogP contribution in [0.25, 0.3) is 0 Å². The SMILES string of the molecule is CCOC(=O)Cc1ccc(NC(=O)NCc2cccn2Cc2ccccc2)cc1. The van der Waals surface area contributed by atoms with Crippen molar-refractivity contribution in [1.29, 1.82) is 0 Å². The summed E-state index contributed by atoms with van der Waals surface area (Å²) in [6.07, 6.45) is 2.23. The number of urea groups is 1. The van der Waals surface area contributed by atoms with Crippen molar-refractivity contribution in [3.05, 3.63) is 89.7 Å². The molecule has 2 N–H and O–H groups in total. The van der Waals surface area contributed by atoms with Crippen LogP contribution in [0.1, 0.15) is 23.7 Å². The Balaban J connectivity index is 1.49. The first-order valence-corrected chi connectivity index (χ1v) is 9.61. The van der Waals surface area contributed by atoms with E-state index in [0.29, 0.717) is 18.8 Å². The molecule has 6 heteroatoms. The molecule has 0 saturated heterocycles. The highest BCUT2D eigenvalue weighted by Crippen LogP contribution is 2.11. The summed E-state index contributed by atoms with van der Waals surface area (Å²) in [6, 6.07) is 21.0. The van der Waals surface area contributed by atoms with Crippen LogP contribution >= 0.6 is 0 Å². The molecular formula is C23H25N3O3. The van der Waals surface area contributed by atoms with Crippen molar-refractivity contribution >= 4 is 17.7 Å². The van der Waals surface area contributed by atoms with Gasteiger partial charge in [0, 0.05) is 24.1 Å². The number of ether oxygens (including phenoxy) is 1. The molecule has 0 aliphatic heterocycles. The largest absolute Gasteiger partial charge is 0.466 e. The molecule has 2 aromatic carbocycles. The zero-order valence-corrected chi connectivity index (χ0v) is 16.4. The van der Waals surface area contributed by atoms with E-state index in [-0.39, 0.29) is 18.4 Å². The molecule has 0 aliphatic rings. The van der Waals surface area contributed by atoms with Gasteiger partial charge in [-0.05, 0) is 42.3 Å². The van der Waals surface area contributed by atoms with Crippen LogP contribution in [-0.4, -0.2) is 23.2 Å². The Labute approximate surface area is 170 Å². The predicted octanol–water partition coefficient (Wildman–Crippen LogP) is 3.96. The van der Waals surface area contributed by atoms with Gasteiger partial charge in [0.15, 0.2) is 0 Å². The highest BCUT2D eigenvalue weighted by Gasteiger charge is 2.07. The highest BCUT2D eigenvalue weighted by atomic mass is 16.5. The molecule has 0 fully saturated rings. The standard InChI is InChI=1S/C23H25N3O3/c1-2-29-22(27)15-18-10-12-20(13-11-18)25-23(28)24-16-21-9-6-14-26(21)17-19-7-4-3-5-8-19/h3-14H,2,15-17H2,1H3,(H2,24,25,28). The highest BCUT2D eigenvalue weighted by molar-refractivity contribution is 5.89. The second kappa shape index (κ2) is 10.1. The molecule has 0 atom stereocenters. The van der Waals surface area contributed by atoms with Crippen molar-refractivity contribution in [1.82, 2.24) is 9.88 Å². The van der Waals surface area contributed by atoms with Gasteiger partial charge >= 0.3 is 12.0 Å². The lowest BCUT2D eigenvalue weighted by atomic mass is 10.1. The van der Waals surface area contributed by atoms with Crippen LogP contribution < -0.4 is 10.6 Å². The average molecular weight is 391 g/mol. The molecule has 3 rings (SSSR count). The minimum atomic E-state index is -0.282. The number of nitrogens with one attached hydrogen (secondary N) is 2. The molecule has 0 aliphatic carbocycles. The van der Waals surface area contributed by atoms with Gasteiger partial charge in [0.1, 0.15) is 0 Å². The maximum Gasteiger partial charge on any atom is 0.319 e. The van der Waals surface area contributed by atoms with Crippen molar-refractivity contribution < 1.29 is 14.3 Å². The predicted molar refractivity (Wildman–Crippen MR) is 113 cm³/mol. The molecule has 0 saturated carbocycles. The number of anilines is 1. The van der Waals surface area contributed by atoms with E-state index in [1.165, 1.54) is 5.56 Å². The van der Waals surface area contributed by atoms with E-state index in [1.807, 2.05) is 36.5 Å². The van der Waals surface area contributed by atoms with Crippen LogP contribution in [0, 0.1) is 0 Å². The third-order valence-electron chi connectivity index (χ3n) is 4.41. The second-order valence-corrected chi connectivity index (χ2v) is 6.60. The van der Waals surface area contributed by atoms with Crippen LogP contribution in [-0.2, 0) is 29.0 Å². The number of amides is 2. The molecule has 6 nitrogen and oxygen atoms in total. The van der Waals surface area contributed by atoms with Crippen LogP contribution in [0.4, 0.5) is 10.5 Å². The summed E-state index contributed by atoms with van der Waals surface area (Å²) in [7, 11) is 0. The zero-order valence-electron chi connectivity index (χ0n) is 16.4. The summed E-state index contributed by atoms with van der Waals surface area (Å²) in [5, 5.41) is 5.68. The monoisotopic (exact) mass is 391 g/mol. The van der Waals surface area contributed by atoms with Gasteiger partial charge in [-0.3, -0.25) is 4.79 Å². The summed E-state index contributed by atoms with van der Waals surface area (Å²) in [5.74, 6) is -0.260. The summed E-state index contributed by atoms with van der Waals surface area (Å²) in [4.78, 5) is 23.7. The quantitative estimate of drug-likeness (QED) is 0.571. The number of aromatic nitrogens is 1. The summed E-state index contributed by atoms with van der Waals surface area (Å²) in [6.45, 7) is 3.33. The van der Waals surface area contributed by atoms with Gasteiger partial charge in [0.25, 0.3) is 0 Å². The fourth-order valence-electron chi connectivity index (χ4n) is 2.98. The molecule has 2 amide bonds. The van der Waals surface area contributed by atoms with Crippen molar-refractivity contribution in [2.24, 2.45) is 0 Å². The Bertz CT molecular complexity index is 934. The van der Waals surface area contributed by atoms with Gasteiger partial charge in [0.05, 0.1) is 19.6 Å². The van der Waals surface area contributed by atoms with Crippen LogP contribution in [0.15, 0.2) is 72.9 Å². The van der Waals surface area contributed by atoms with E-state index in [2.05, 4.69) is 27.3 Å². The number of hydrogen-bond donors (Lipinski definition) is 2. The zero-order chi connectivity index (χ0) is 20.5. The third kappa shape index (κ3) is 6.24. The maximum atomic E-state index is 12.2. The van der Waals surface area contributed by atoms with E-state index in [4.69, 9.17) is 4.74 Å². The first kappa shape index (κ1) is 20.2. The summed E-state index contributed by atoms with van der Waals surface area (Å²) in [5.41, 5.74) is 3.73. The van der Waals surface area contributed by atoms with Gasteiger partial charge < -0.3 is 19.9 Å². The fourth-order valence-corrected chi connectivity index (χ4v) is 2.98. The first-order valence-electron chi connectivity index (χ1n) is 9.61. The molecule has 0 spiro atoms. The van der Waals surface area contributed by atoms with Crippen LogP contribution in [0.2, 0.25) is 0 Å². The van der Waals surface area contributed by atoms with Crippen molar-refractivity contribution in [3.8, 4) is 0 Å². The summed E-state index contributed by atoms with van der Waals surface area (Å²) < 4.78 is 7.05. The van der Waals surface area contributed by atoms with Crippen LogP contribution in [0.5, 0.6) is 0 Å². The van der Waals surface area contributed by atoms with Crippen molar-refractivity contribution in [2.45, 2.75) is 26.4 Å². The van der Waals surface area contributed by atoms with E-state index in [9.17, 15) is 9.59 Å². The molecule has 150 valence electrons. The molecule has 0 bridgehead atoms. The Morgan fingerprint density at radius 3 is 2.41 bits per heavy atom. The smallest absolute Gasteiger partial charge is 0.319 e. The number of benzene rings is 2. The van der Waals surface area contributed by atoms with Gasteiger partial charge in [-0.2, -0.15) is 0 Å². The Hall–Kier alpha value is -3.54. The van der Waals surface area contributed by atoms with E-state index < -0.39 is 0 Å². The molecule has 0 unspecified atom stereocenters. The van der Waals surface area contributed by atoms with Gasteiger partial charge in [0.2, 0.25) is 0 Å². The third-order valence-corrected chi connectivity index (χ3v) is 4.41. The van der Waals surface area contributed by atoms with Crippen molar-refractivity contribution in [2.75, 3.05) is 11.9 Å². The average Bonchev–Trinajstić information content (AvgIpc) is 3.16. The topological polar surface area (TPSA) is 72.4 Å². The number of carbonyl (C=O) groups is 2. The Kier molecular flexibility index (Phi) is 7.05. The number of hydrogen-bond acceptors (Lipinski definition) is 3. The second-order valence-electron chi connectivity index (χ2n) is 6.60. The van der Waals surface area contributed by atoms with Gasteiger partial charge in [-0.25, -0.2) is 4.79 Å². The molecular weight excluding hydrogens is 366 g/mol. The molecule has 29 heavy (non-hydrogen) atoms. The van der Waals surface area contributed by atoms with Gasteiger partial charge in [-0.15, -0.1) is 0 Å². The van der Waals surface area contributed by atoms with Crippen LogP contribution in [0.3, 0.4) is 0 Å². The number of esters is 1. The minimum Gasteiger partial charge on any atom is -0.466 e. The molecule has 1 aromatic heterocycles. The first-order chi connectivity index (χ1) is 14.1. The number of nitrogens with zero attached hydrogens (tertiary/aromatic N) is 1. The lowest BCUT2D eigenvalue weighted by Gasteiger charge is -2.12. The minimum absolute atomic E-state index is 0.221. The Morgan fingerprint density at radius 2 is 1.69 bits per heavy atom. The summed E-state index contributed by atoms with van der Waals surface area (Å²) >= 11 is 0. The fraction of sp³-hybridized carbons (Fsp3) is 0.217. The van der Waals surface area contributed by atoms with E-state index in [1.54, 1.807) is 31.2 Å².